The van der Waals surface area contributed by atoms with Gasteiger partial charge in [-0.15, -0.1) is 0 Å². The van der Waals surface area contributed by atoms with Crippen molar-refractivity contribution in [1.82, 2.24) is 4.98 Å². The molecule has 1 aliphatic carbocycles. The molecule has 0 aliphatic heterocycles. The normalized spacial score (nSPS) is 13.7. The summed E-state index contributed by atoms with van der Waals surface area (Å²) in [4.78, 5) is 9.77. The predicted octanol–water partition coefficient (Wildman–Crippen LogP) is 3.63. The van der Waals surface area contributed by atoms with Crippen LogP contribution in [0.25, 0.3) is 22.0 Å². The maximum absolute atomic E-state index is 5.57. The second-order valence-corrected chi connectivity index (χ2v) is 5.42. The molecule has 0 spiro atoms. The van der Waals surface area contributed by atoms with Crippen molar-refractivity contribution in [1.29, 1.82) is 0 Å². The molecule has 2 aromatic carbocycles. The maximum Gasteiger partial charge on any atom is 0.222 e. The molecule has 0 fully saturated rings. The van der Waals surface area contributed by atoms with Crippen LogP contribution in [0.1, 0.15) is 11.1 Å². The van der Waals surface area contributed by atoms with Gasteiger partial charge in [-0.05, 0) is 29.8 Å². The maximum atomic E-state index is 5.57. The zero-order chi connectivity index (χ0) is 16.7. The van der Waals surface area contributed by atoms with Crippen LogP contribution >= 0.6 is 0 Å². The number of hydrogen-bond acceptors (Lipinski definition) is 5. The van der Waals surface area contributed by atoms with Gasteiger partial charge in [-0.2, -0.15) is 0 Å². The third-order valence-electron chi connectivity index (χ3n) is 4.22. The average Bonchev–Trinajstić information content (AvgIpc) is 2.95. The number of benzene rings is 2. The number of nitrogens with zero attached hydrogens (tertiary/aromatic N) is 2. The second kappa shape index (κ2) is 5.53. The number of oxime groups is 1. The molecule has 0 saturated heterocycles. The van der Waals surface area contributed by atoms with E-state index in [2.05, 4.69) is 10.1 Å². The zero-order valence-corrected chi connectivity index (χ0v) is 13.7. The molecule has 0 bridgehead atoms. The van der Waals surface area contributed by atoms with Crippen LogP contribution < -0.4 is 9.47 Å². The largest absolute Gasteiger partial charge is 0.497 e. The highest BCUT2D eigenvalue weighted by molar-refractivity contribution is 6.30. The molecule has 1 aliphatic rings. The highest BCUT2D eigenvalue weighted by Gasteiger charge is 2.32. The fourth-order valence-corrected chi connectivity index (χ4v) is 3.22. The van der Waals surface area contributed by atoms with E-state index in [4.69, 9.17) is 14.3 Å². The van der Waals surface area contributed by atoms with E-state index < -0.39 is 0 Å². The average molecular weight is 320 g/mol. The lowest BCUT2D eigenvalue weighted by atomic mass is 10.0. The Morgan fingerprint density at radius 2 is 1.71 bits per heavy atom. The number of rotatable bonds is 3. The van der Waals surface area contributed by atoms with Crippen LogP contribution in [0.4, 0.5) is 0 Å². The summed E-state index contributed by atoms with van der Waals surface area (Å²) < 4.78 is 10.9. The van der Waals surface area contributed by atoms with Gasteiger partial charge in [-0.3, -0.25) is 0 Å². The SMILES string of the molecule is CO/N=C1\c2cc(OC)ccc2-c2c(OC)nc3ccccc3c21. The molecule has 0 amide bonds. The van der Waals surface area contributed by atoms with Gasteiger partial charge in [-0.25, -0.2) is 4.98 Å². The van der Waals surface area contributed by atoms with Gasteiger partial charge in [-0.1, -0.05) is 23.4 Å². The summed E-state index contributed by atoms with van der Waals surface area (Å²) in [5.74, 6) is 1.35. The Morgan fingerprint density at radius 3 is 2.46 bits per heavy atom. The van der Waals surface area contributed by atoms with Crippen LogP contribution in [0.2, 0.25) is 0 Å². The molecular formula is C19H16N2O3. The van der Waals surface area contributed by atoms with Crippen LogP contribution in [-0.4, -0.2) is 32.0 Å². The molecule has 3 aromatic rings. The van der Waals surface area contributed by atoms with Crippen LogP contribution in [0.3, 0.4) is 0 Å². The van der Waals surface area contributed by atoms with Gasteiger partial charge in [0, 0.05) is 16.5 Å². The number of para-hydroxylation sites is 1. The van der Waals surface area contributed by atoms with Gasteiger partial charge >= 0.3 is 0 Å². The molecule has 5 heteroatoms. The van der Waals surface area contributed by atoms with Crippen LogP contribution in [0, 0.1) is 0 Å². The van der Waals surface area contributed by atoms with Crippen molar-refractivity contribution in [3.63, 3.8) is 0 Å². The lowest BCUT2D eigenvalue weighted by Gasteiger charge is -2.10. The summed E-state index contributed by atoms with van der Waals surface area (Å²) >= 11 is 0. The highest BCUT2D eigenvalue weighted by atomic mass is 16.6. The lowest BCUT2D eigenvalue weighted by molar-refractivity contribution is 0.214. The summed E-state index contributed by atoms with van der Waals surface area (Å²) in [7, 11) is 4.83. The monoisotopic (exact) mass is 320 g/mol. The van der Waals surface area contributed by atoms with E-state index >= 15 is 0 Å². The van der Waals surface area contributed by atoms with E-state index in [1.54, 1.807) is 21.3 Å². The molecule has 0 atom stereocenters. The molecule has 4 rings (SSSR count). The van der Waals surface area contributed by atoms with Crippen molar-refractivity contribution in [3.8, 4) is 22.8 Å². The molecule has 120 valence electrons. The number of aromatic nitrogens is 1. The third kappa shape index (κ3) is 1.94. The van der Waals surface area contributed by atoms with Crippen LogP contribution in [-0.2, 0) is 4.84 Å². The first-order chi connectivity index (χ1) is 11.8. The van der Waals surface area contributed by atoms with Crippen LogP contribution in [0.15, 0.2) is 47.6 Å². The van der Waals surface area contributed by atoms with E-state index in [1.165, 1.54) is 0 Å². The second-order valence-electron chi connectivity index (χ2n) is 5.42. The number of pyridine rings is 1. The van der Waals surface area contributed by atoms with Crippen molar-refractivity contribution in [2.24, 2.45) is 5.16 Å². The van der Waals surface area contributed by atoms with E-state index in [0.717, 1.165) is 44.6 Å². The fraction of sp³-hybridized carbons (Fsp3) is 0.158. The highest BCUT2D eigenvalue weighted by Crippen LogP contribution is 2.46. The van der Waals surface area contributed by atoms with Crippen molar-refractivity contribution >= 4 is 16.6 Å². The van der Waals surface area contributed by atoms with E-state index in [0.29, 0.717) is 5.88 Å². The first-order valence-corrected chi connectivity index (χ1v) is 7.55. The molecular weight excluding hydrogens is 304 g/mol. The molecule has 0 N–H and O–H groups in total. The number of ether oxygens (including phenoxy) is 2. The Labute approximate surface area is 139 Å². The van der Waals surface area contributed by atoms with Gasteiger partial charge in [0.2, 0.25) is 5.88 Å². The Balaban J connectivity index is 2.15. The Kier molecular flexibility index (Phi) is 3.34. The van der Waals surface area contributed by atoms with E-state index in [9.17, 15) is 0 Å². The molecule has 0 unspecified atom stereocenters. The van der Waals surface area contributed by atoms with Gasteiger partial charge < -0.3 is 14.3 Å². The predicted molar refractivity (Wildman–Crippen MR) is 92.9 cm³/mol. The fourth-order valence-electron chi connectivity index (χ4n) is 3.22. The smallest absolute Gasteiger partial charge is 0.222 e. The quantitative estimate of drug-likeness (QED) is 0.541. The first kappa shape index (κ1) is 14.5. The third-order valence-corrected chi connectivity index (χ3v) is 4.22. The summed E-state index contributed by atoms with van der Waals surface area (Å²) in [5.41, 5.74) is 5.49. The number of fused-ring (bicyclic) bond motifs is 5. The zero-order valence-electron chi connectivity index (χ0n) is 13.7. The van der Waals surface area contributed by atoms with Gasteiger partial charge in [0.25, 0.3) is 0 Å². The Bertz CT molecular complexity index is 980. The molecule has 24 heavy (non-hydrogen) atoms. The van der Waals surface area contributed by atoms with Crippen molar-refractivity contribution in [2.45, 2.75) is 0 Å². The summed E-state index contributed by atoms with van der Waals surface area (Å²) in [6.07, 6.45) is 0. The Morgan fingerprint density at radius 1 is 0.875 bits per heavy atom. The standard InChI is InChI=1S/C19H16N2O3/c1-22-11-8-9-12-14(10-11)18(21-24-3)16-13-6-4-5-7-15(13)20-19(23-2)17(12)16/h4-10H,1-3H3/b21-18+. The summed E-state index contributed by atoms with van der Waals surface area (Å²) in [6, 6.07) is 13.8. The number of methoxy groups -OCH3 is 2. The first-order valence-electron chi connectivity index (χ1n) is 7.55. The van der Waals surface area contributed by atoms with E-state index in [1.807, 2.05) is 42.5 Å². The van der Waals surface area contributed by atoms with Gasteiger partial charge in [0.05, 0.1) is 25.3 Å². The topological polar surface area (TPSA) is 52.9 Å². The molecule has 0 saturated carbocycles. The summed E-state index contributed by atoms with van der Waals surface area (Å²) in [6.45, 7) is 0. The van der Waals surface area contributed by atoms with Crippen molar-refractivity contribution < 1.29 is 14.3 Å². The van der Waals surface area contributed by atoms with Gasteiger partial charge in [0.1, 0.15) is 18.6 Å². The molecule has 0 radical (unpaired) electrons. The molecule has 5 nitrogen and oxygen atoms in total. The minimum Gasteiger partial charge on any atom is -0.497 e. The minimum atomic E-state index is 0.580. The molecule has 1 heterocycles. The van der Waals surface area contributed by atoms with Crippen molar-refractivity contribution in [2.75, 3.05) is 21.3 Å². The van der Waals surface area contributed by atoms with Crippen molar-refractivity contribution in [3.05, 3.63) is 53.6 Å². The molecule has 1 aromatic heterocycles. The van der Waals surface area contributed by atoms with Crippen LogP contribution in [0.5, 0.6) is 11.6 Å². The minimum absolute atomic E-state index is 0.580. The van der Waals surface area contributed by atoms with E-state index in [-0.39, 0.29) is 0 Å². The summed E-state index contributed by atoms with van der Waals surface area (Å²) in [5, 5.41) is 5.30. The number of hydrogen-bond donors (Lipinski definition) is 0. The lowest BCUT2D eigenvalue weighted by Crippen LogP contribution is -2.02. The Hall–Kier alpha value is -3.08. The van der Waals surface area contributed by atoms with Gasteiger partial charge in [0.15, 0.2) is 0 Å².